The number of rotatable bonds is 3. The molecule has 2 nitrogen and oxygen atoms in total. The molecule has 0 heterocycles. The first-order valence-electron chi connectivity index (χ1n) is 6.81. The van der Waals surface area contributed by atoms with Crippen LogP contribution in [0.5, 0.6) is 11.5 Å². The van der Waals surface area contributed by atoms with E-state index in [1.54, 1.807) is 13.2 Å². The zero-order chi connectivity index (χ0) is 14.9. The number of aryl methyl sites for hydroxylation is 2. The van der Waals surface area contributed by atoms with E-state index in [-0.39, 0.29) is 26.5 Å². The average Bonchev–Trinajstić information content (AvgIpc) is 2.41. The zero-order valence-electron chi connectivity index (χ0n) is 13.2. The number of hydrogen-bond acceptors (Lipinski definition) is 2. The quantitative estimate of drug-likeness (QED) is 0.748. The van der Waals surface area contributed by atoms with Gasteiger partial charge >= 0.3 is 0 Å². The number of benzene rings is 2. The molecule has 0 saturated carbocycles. The van der Waals surface area contributed by atoms with Crippen molar-refractivity contribution in [2.75, 3.05) is 7.11 Å². The molecule has 2 aromatic carbocycles. The maximum absolute atomic E-state index is 9.68. The SMILES string of the molecule is COc1ccc(C(C)(C)c2ccc(O)c(C)c2)cc1C.[W]. The predicted molar refractivity (Wildman–Crippen MR) is 82.7 cm³/mol. The van der Waals surface area contributed by atoms with Gasteiger partial charge in [0.25, 0.3) is 0 Å². The number of phenolic OH excluding ortho intramolecular Hbond substituents is 1. The topological polar surface area (TPSA) is 29.5 Å². The minimum atomic E-state index is -0.116. The smallest absolute Gasteiger partial charge is 0.121 e. The molecule has 0 atom stereocenters. The van der Waals surface area contributed by atoms with Gasteiger partial charge in [0.05, 0.1) is 7.11 Å². The molecule has 3 heteroatoms. The Morgan fingerprint density at radius 1 is 0.905 bits per heavy atom. The number of aromatic hydroxyl groups is 1. The number of phenols is 1. The Morgan fingerprint density at radius 3 is 1.90 bits per heavy atom. The first-order valence-corrected chi connectivity index (χ1v) is 6.81. The molecule has 0 aromatic heterocycles. The van der Waals surface area contributed by atoms with E-state index in [1.165, 1.54) is 11.1 Å². The third-order valence-corrected chi connectivity index (χ3v) is 4.04. The molecule has 0 radical (unpaired) electrons. The molecule has 1 N–H and O–H groups in total. The molecule has 0 aliphatic rings. The van der Waals surface area contributed by atoms with Crippen LogP contribution in [0, 0.1) is 13.8 Å². The third kappa shape index (κ3) is 3.49. The van der Waals surface area contributed by atoms with Crippen LogP contribution in [0.3, 0.4) is 0 Å². The summed E-state index contributed by atoms with van der Waals surface area (Å²) in [6, 6.07) is 12.1. The monoisotopic (exact) mass is 454 g/mol. The van der Waals surface area contributed by atoms with Gasteiger partial charge in [0.1, 0.15) is 11.5 Å². The minimum Gasteiger partial charge on any atom is -0.508 e. The van der Waals surface area contributed by atoms with Gasteiger partial charge in [0.15, 0.2) is 0 Å². The van der Waals surface area contributed by atoms with E-state index in [0.29, 0.717) is 5.75 Å². The molecule has 112 valence electrons. The van der Waals surface area contributed by atoms with Crippen LogP contribution >= 0.6 is 0 Å². The van der Waals surface area contributed by atoms with Gasteiger partial charge in [-0.2, -0.15) is 0 Å². The van der Waals surface area contributed by atoms with Crippen LogP contribution in [0.15, 0.2) is 36.4 Å². The molecule has 0 amide bonds. The molecule has 0 unspecified atom stereocenters. The zero-order valence-corrected chi connectivity index (χ0v) is 16.2. The second-order valence-electron chi connectivity index (χ2n) is 5.81. The summed E-state index contributed by atoms with van der Waals surface area (Å²) in [5, 5.41) is 9.68. The van der Waals surface area contributed by atoms with Gasteiger partial charge in [-0.15, -0.1) is 0 Å². The summed E-state index contributed by atoms with van der Waals surface area (Å²) >= 11 is 0. The fourth-order valence-corrected chi connectivity index (χ4v) is 2.48. The molecule has 2 rings (SSSR count). The Morgan fingerprint density at radius 2 is 1.43 bits per heavy atom. The summed E-state index contributed by atoms with van der Waals surface area (Å²) in [7, 11) is 1.69. The molecule has 21 heavy (non-hydrogen) atoms. The van der Waals surface area contributed by atoms with Gasteiger partial charge < -0.3 is 9.84 Å². The van der Waals surface area contributed by atoms with Gasteiger partial charge in [0, 0.05) is 26.5 Å². The van der Waals surface area contributed by atoms with Crippen molar-refractivity contribution in [1.82, 2.24) is 0 Å². The summed E-state index contributed by atoms with van der Waals surface area (Å²) in [6.07, 6.45) is 0. The van der Waals surface area contributed by atoms with Crippen molar-refractivity contribution in [3.63, 3.8) is 0 Å². The maximum Gasteiger partial charge on any atom is 0.121 e. The van der Waals surface area contributed by atoms with E-state index in [1.807, 2.05) is 19.1 Å². The van der Waals surface area contributed by atoms with Gasteiger partial charge in [-0.3, -0.25) is 0 Å². The summed E-state index contributed by atoms with van der Waals surface area (Å²) in [5.41, 5.74) is 4.35. The molecular formula is C18H22O2W. The van der Waals surface area contributed by atoms with Crippen LogP contribution in [0.1, 0.15) is 36.1 Å². The van der Waals surface area contributed by atoms with E-state index in [0.717, 1.165) is 16.9 Å². The van der Waals surface area contributed by atoms with Crippen LogP contribution in [0.2, 0.25) is 0 Å². The molecule has 0 aliphatic heterocycles. The molecular weight excluding hydrogens is 432 g/mol. The molecule has 0 bridgehead atoms. The van der Waals surface area contributed by atoms with Crippen LogP contribution in [-0.2, 0) is 26.5 Å². The van der Waals surface area contributed by atoms with Crippen LogP contribution in [0.25, 0.3) is 0 Å². The maximum atomic E-state index is 9.68. The standard InChI is InChI=1S/C18H22O2.W/c1-12-10-14(6-8-16(12)19)18(3,4)15-7-9-17(20-5)13(2)11-15;/h6-11,19H,1-5H3;. The molecule has 2 aromatic rings. The van der Waals surface area contributed by atoms with E-state index >= 15 is 0 Å². The number of hydrogen-bond donors (Lipinski definition) is 1. The van der Waals surface area contributed by atoms with E-state index in [9.17, 15) is 5.11 Å². The fraction of sp³-hybridized carbons (Fsp3) is 0.333. The summed E-state index contributed by atoms with van der Waals surface area (Å²) in [5.74, 6) is 1.25. The molecule has 0 fully saturated rings. The third-order valence-electron chi connectivity index (χ3n) is 4.04. The predicted octanol–water partition coefficient (Wildman–Crippen LogP) is 4.34. The van der Waals surface area contributed by atoms with Gasteiger partial charge in [0.2, 0.25) is 0 Å². The second kappa shape index (κ2) is 6.66. The van der Waals surface area contributed by atoms with Crippen molar-refractivity contribution in [3.05, 3.63) is 58.7 Å². The Kier molecular flexibility index (Phi) is 5.64. The first-order chi connectivity index (χ1) is 9.36. The van der Waals surface area contributed by atoms with Gasteiger partial charge in [-0.1, -0.05) is 38.1 Å². The normalized spacial score (nSPS) is 10.9. The van der Waals surface area contributed by atoms with Crippen molar-refractivity contribution in [1.29, 1.82) is 0 Å². The number of ether oxygens (including phenoxy) is 1. The van der Waals surface area contributed by atoms with Gasteiger partial charge in [-0.05, 0) is 48.2 Å². The average molecular weight is 454 g/mol. The van der Waals surface area contributed by atoms with Gasteiger partial charge in [-0.25, -0.2) is 0 Å². The van der Waals surface area contributed by atoms with Crippen molar-refractivity contribution in [2.45, 2.75) is 33.1 Å². The number of methoxy groups -OCH3 is 1. The minimum absolute atomic E-state index is 0. The first kappa shape index (κ1) is 17.8. The molecule has 0 aliphatic carbocycles. The van der Waals surface area contributed by atoms with Crippen molar-refractivity contribution in [3.8, 4) is 11.5 Å². The Balaban J connectivity index is 0.00000220. The van der Waals surface area contributed by atoms with E-state index in [2.05, 4.69) is 39.0 Å². The van der Waals surface area contributed by atoms with Crippen molar-refractivity contribution < 1.29 is 30.9 Å². The Hall–Kier alpha value is -1.27. The Bertz CT molecular complexity index is 633. The molecule has 0 saturated heterocycles. The fourth-order valence-electron chi connectivity index (χ4n) is 2.48. The second-order valence-corrected chi connectivity index (χ2v) is 5.81. The van der Waals surface area contributed by atoms with Crippen LogP contribution in [0.4, 0.5) is 0 Å². The summed E-state index contributed by atoms with van der Waals surface area (Å²) in [6.45, 7) is 8.37. The van der Waals surface area contributed by atoms with Crippen molar-refractivity contribution >= 4 is 0 Å². The largest absolute Gasteiger partial charge is 0.508 e. The molecule has 0 spiro atoms. The van der Waals surface area contributed by atoms with Crippen molar-refractivity contribution in [2.24, 2.45) is 0 Å². The summed E-state index contributed by atoms with van der Waals surface area (Å²) in [4.78, 5) is 0. The van der Waals surface area contributed by atoms with E-state index in [4.69, 9.17) is 4.74 Å². The van der Waals surface area contributed by atoms with Crippen LogP contribution in [-0.4, -0.2) is 12.2 Å². The van der Waals surface area contributed by atoms with Crippen LogP contribution < -0.4 is 4.74 Å². The van der Waals surface area contributed by atoms with E-state index < -0.39 is 0 Å². The summed E-state index contributed by atoms with van der Waals surface area (Å²) < 4.78 is 5.32. The Labute approximate surface area is 141 Å².